The predicted octanol–water partition coefficient (Wildman–Crippen LogP) is 3.27. The minimum absolute atomic E-state index is 0.100. The maximum absolute atomic E-state index is 13.7. The molecule has 40 heavy (non-hydrogen) atoms. The average Bonchev–Trinajstić information content (AvgIpc) is 3.45. The number of nitrogens with one attached hydrogen (secondary N) is 1. The minimum atomic E-state index is -0.971. The molecule has 0 fully saturated rings. The average molecular weight is 542 g/mol. The third kappa shape index (κ3) is 4.75. The van der Waals surface area contributed by atoms with Crippen molar-refractivity contribution in [2.45, 2.75) is 30.7 Å². The van der Waals surface area contributed by atoms with E-state index in [-0.39, 0.29) is 17.6 Å². The molecule has 2 amide bonds. The number of carbonyl (C=O) groups excluding carboxylic acids is 2. The number of aromatic amines is 1. The highest BCUT2D eigenvalue weighted by molar-refractivity contribution is 5.95. The molecule has 0 saturated carbocycles. The van der Waals surface area contributed by atoms with Crippen molar-refractivity contribution < 1.29 is 14.0 Å². The van der Waals surface area contributed by atoms with E-state index in [4.69, 9.17) is 5.73 Å². The normalized spacial score (nSPS) is 14.4. The molecule has 0 radical (unpaired) electrons. The van der Waals surface area contributed by atoms with Gasteiger partial charge in [-0.05, 0) is 83.5 Å². The van der Waals surface area contributed by atoms with Gasteiger partial charge in [-0.25, -0.2) is 4.39 Å². The Morgan fingerprint density at radius 1 is 0.900 bits per heavy atom. The van der Waals surface area contributed by atoms with Crippen molar-refractivity contribution in [2.24, 2.45) is 5.73 Å². The molecule has 9 nitrogen and oxygen atoms in total. The van der Waals surface area contributed by atoms with Crippen molar-refractivity contribution in [3.8, 4) is 0 Å². The van der Waals surface area contributed by atoms with Crippen LogP contribution in [0.1, 0.15) is 66.8 Å². The van der Waals surface area contributed by atoms with E-state index >= 15 is 0 Å². The van der Waals surface area contributed by atoms with Gasteiger partial charge >= 0.3 is 0 Å². The van der Waals surface area contributed by atoms with E-state index in [1.807, 2.05) is 36.4 Å². The summed E-state index contributed by atoms with van der Waals surface area (Å²) in [4.78, 5) is 28.9. The van der Waals surface area contributed by atoms with Gasteiger partial charge < -0.3 is 15.5 Å². The van der Waals surface area contributed by atoms with Crippen molar-refractivity contribution in [3.63, 3.8) is 0 Å². The maximum Gasteiger partial charge on any atom is 0.253 e. The zero-order chi connectivity index (χ0) is 28.6. The number of amides is 2. The number of aromatic nitrogens is 4. The largest absolute Gasteiger partial charge is 0.345 e. The molecule has 0 spiro atoms. The number of benzene rings is 3. The number of tetrazole rings is 1. The molecule has 5 rings (SSSR count). The lowest BCUT2D eigenvalue weighted by Crippen LogP contribution is -2.36. The minimum Gasteiger partial charge on any atom is -0.345 e. The monoisotopic (exact) mass is 541 g/mol. The highest BCUT2D eigenvalue weighted by atomic mass is 19.1. The third-order valence-electron chi connectivity index (χ3n) is 7.65. The van der Waals surface area contributed by atoms with Crippen LogP contribution in [0.15, 0.2) is 60.7 Å². The lowest BCUT2D eigenvalue weighted by atomic mass is 9.67. The van der Waals surface area contributed by atoms with Gasteiger partial charge in [0, 0.05) is 45.4 Å². The summed E-state index contributed by atoms with van der Waals surface area (Å²) >= 11 is 0. The Balaban J connectivity index is 1.77. The number of nitrogens with zero attached hydrogens (tertiary/aromatic N) is 5. The van der Waals surface area contributed by atoms with Crippen LogP contribution in [-0.4, -0.2) is 70.4 Å². The first-order valence-corrected chi connectivity index (χ1v) is 13.1. The maximum atomic E-state index is 13.7. The fraction of sp³-hybridized carbons (Fsp3) is 0.300. The van der Waals surface area contributed by atoms with Crippen LogP contribution in [0.4, 0.5) is 4.39 Å². The number of H-pyrrole nitrogens is 1. The number of hydrogen-bond acceptors (Lipinski definition) is 6. The second-order valence-corrected chi connectivity index (χ2v) is 10.6. The number of rotatable bonds is 6. The summed E-state index contributed by atoms with van der Waals surface area (Å²) in [5, 5.41) is 15.4. The van der Waals surface area contributed by atoms with Crippen LogP contribution in [-0.2, 0) is 18.3 Å². The molecule has 10 heteroatoms. The Morgan fingerprint density at radius 2 is 1.43 bits per heavy atom. The summed E-state index contributed by atoms with van der Waals surface area (Å²) in [5.74, 6) is -0.119. The van der Waals surface area contributed by atoms with E-state index in [1.165, 1.54) is 12.1 Å². The zero-order valence-electron chi connectivity index (χ0n) is 23.0. The number of carbonyl (C=O) groups is 2. The van der Waals surface area contributed by atoms with Gasteiger partial charge in [-0.1, -0.05) is 29.5 Å². The molecule has 1 heterocycles. The van der Waals surface area contributed by atoms with Crippen molar-refractivity contribution >= 4 is 11.8 Å². The van der Waals surface area contributed by atoms with Gasteiger partial charge in [-0.15, -0.1) is 10.2 Å². The molecule has 3 N–H and O–H groups in total. The van der Waals surface area contributed by atoms with Crippen LogP contribution < -0.4 is 5.73 Å². The molecular formula is C30H32FN7O2. The first-order valence-electron chi connectivity index (χ1n) is 13.1. The molecule has 0 bridgehead atoms. The molecule has 1 aromatic heterocycles. The van der Waals surface area contributed by atoms with Crippen LogP contribution in [0.2, 0.25) is 0 Å². The van der Waals surface area contributed by atoms with Gasteiger partial charge in [0.1, 0.15) is 5.82 Å². The van der Waals surface area contributed by atoms with Crippen LogP contribution in [0.3, 0.4) is 0 Å². The summed E-state index contributed by atoms with van der Waals surface area (Å²) in [6, 6.07) is 17.0. The molecule has 0 unspecified atom stereocenters. The SMILES string of the molecule is CN(C)C(=O)c1ccc2c(c1)CCc1cc(C(=O)N(C)C)ccc1C2(C[C@@H](N)c1ccc(F)cc1)c1nn[nH]n1. The number of aryl methyl sites for hydroxylation is 2. The Labute approximate surface area is 232 Å². The highest BCUT2D eigenvalue weighted by Crippen LogP contribution is 2.48. The molecule has 4 aromatic rings. The van der Waals surface area contributed by atoms with Crippen molar-refractivity contribution in [1.82, 2.24) is 30.4 Å². The van der Waals surface area contributed by atoms with Crippen LogP contribution in [0, 0.1) is 5.82 Å². The number of hydrogen-bond donors (Lipinski definition) is 2. The number of fused-ring (bicyclic) bond motifs is 2. The Morgan fingerprint density at radius 3 is 1.88 bits per heavy atom. The zero-order valence-corrected chi connectivity index (χ0v) is 23.0. The fourth-order valence-electron chi connectivity index (χ4n) is 5.68. The molecule has 1 atom stereocenters. The van der Waals surface area contributed by atoms with E-state index in [0.717, 1.165) is 27.8 Å². The Hall–Kier alpha value is -4.44. The van der Waals surface area contributed by atoms with Crippen molar-refractivity contribution in [2.75, 3.05) is 28.2 Å². The first-order chi connectivity index (χ1) is 19.1. The number of nitrogens with two attached hydrogens (primary N) is 1. The van der Waals surface area contributed by atoms with Gasteiger partial charge in [-0.3, -0.25) is 9.59 Å². The quantitative estimate of drug-likeness (QED) is 0.387. The van der Waals surface area contributed by atoms with E-state index in [0.29, 0.717) is 36.2 Å². The van der Waals surface area contributed by atoms with Gasteiger partial charge in [0.15, 0.2) is 5.82 Å². The van der Waals surface area contributed by atoms with E-state index in [9.17, 15) is 14.0 Å². The summed E-state index contributed by atoms with van der Waals surface area (Å²) in [6.45, 7) is 0. The summed E-state index contributed by atoms with van der Waals surface area (Å²) < 4.78 is 13.7. The standard InChI is InChI=1S/C30H32FN7O2/c1-37(2)27(39)21-9-13-24-19(15-21)5-6-20-16-22(28(40)38(3)4)10-14-25(20)30(24,29-33-35-36-34-29)17-26(32)18-7-11-23(31)12-8-18/h7-16,26H,5-6,17,32H2,1-4H3,(H,33,34,35,36)/t26-/m1/s1. The van der Waals surface area contributed by atoms with Crippen molar-refractivity contribution in [3.05, 3.63) is 111 Å². The summed E-state index contributed by atoms with van der Waals surface area (Å²) in [7, 11) is 6.88. The predicted molar refractivity (Wildman–Crippen MR) is 148 cm³/mol. The van der Waals surface area contributed by atoms with Crippen LogP contribution in [0.25, 0.3) is 0 Å². The van der Waals surface area contributed by atoms with Gasteiger partial charge in [0.25, 0.3) is 11.8 Å². The van der Waals surface area contributed by atoms with Crippen LogP contribution in [0.5, 0.6) is 0 Å². The summed E-state index contributed by atoms with van der Waals surface area (Å²) in [5.41, 5.74) is 11.5. The second kappa shape index (κ2) is 10.6. The smallest absolute Gasteiger partial charge is 0.253 e. The molecule has 0 aliphatic heterocycles. The fourth-order valence-corrected chi connectivity index (χ4v) is 5.68. The molecular weight excluding hydrogens is 509 g/mol. The highest BCUT2D eigenvalue weighted by Gasteiger charge is 2.46. The molecule has 1 aliphatic carbocycles. The lowest BCUT2D eigenvalue weighted by molar-refractivity contribution is 0.0820. The van der Waals surface area contributed by atoms with Crippen molar-refractivity contribution in [1.29, 1.82) is 0 Å². The van der Waals surface area contributed by atoms with Gasteiger partial charge in [0.05, 0.1) is 5.41 Å². The van der Waals surface area contributed by atoms with Gasteiger partial charge in [-0.2, -0.15) is 5.21 Å². The lowest BCUT2D eigenvalue weighted by Gasteiger charge is -2.36. The number of halogens is 1. The van der Waals surface area contributed by atoms with Gasteiger partial charge in [0.2, 0.25) is 0 Å². The van der Waals surface area contributed by atoms with E-state index in [2.05, 4.69) is 20.6 Å². The van der Waals surface area contributed by atoms with E-state index in [1.54, 1.807) is 50.1 Å². The third-order valence-corrected chi connectivity index (χ3v) is 7.65. The topological polar surface area (TPSA) is 121 Å². The summed E-state index contributed by atoms with van der Waals surface area (Å²) in [6.07, 6.45) is 1.59. The Kier molecular flexibility index (Phi) is 7.20. The van der Waals surface area contributed by atoms with E-state index < -0.39 is 11.5 Å². The molecule has 1 aliphatic rings. The second-order valence-electron chi connectivity index (χ2n) is 10.6. The van der Waals surface area contributed by atoms with Crippen LogP contribution >= 0.6 is 0 Å². The first kappa shape index (κ1) is 27.1. The molecule has 0 saturated heterocycles. The molecule has 3 aromatic carbocycles. The Bertz CT molecular complexity index is 1480. The molecule has 206 valence electrons.